The second kappa shape index (κ2) is 10.2. The van der Waals surface area contributed by atoms with E-state index in [0.717, 1.165) is 25.7 Å². The molecule has 3 nitrogen and oxygen atoms in total. The lowest BCUT2D eigenvalue weighted by Crippen LogP contribution is -2.23. The largest absolute Gasteiger partial charge is 0.480 e. The second-order valence-corrected chi connectivity index (χ2v) is 3.99. The maximum Gasteiger partial charge on any atom is 0.201 e. The van der Waals surface area contributed by atoms with E-state index in [-0.39, 0.29) is 5.90 Å². The van der Waals surface area contributed by atoms with Crippen LogP contribution in [-0.4, -0.2) is 31.1 Å². The maximum absolute atomic E-state index is 7.52. The molecule has 0 fully saturated rings. The van der Waals surface area contributed by atoms with Gasteiger partial charge in [-0.1, -0.05) is 26.7 Å². The average molecular weight is 236 g/mol. The van der Waals surface area contributed by atoms with Gasteiger partial charge in [-0.05, 0) is 12.8 Å². The number of hydrogen-bond acceptors (Lipinski definition) is 3. The Morgan fingerprint density at radius 1 is 1.20 bits per heavy atom. The number of ether oxygens (including phenoxy) is 2. The number of hydrogen-bond donors (Lipinski definition) is 1. The normalized spacial score (nSPS) is 12.5. The van der Waals surface area contributed by atoms with Crippen molar-refractivity contribution in [1.82, 2.24) is 0 Å². The summed E-state index contributed by atoms with van der Waals surface area (Å²) in [6.07, 6.45) is 4.17. The molecular weight excluding hydrogens is 214 g/mol. The first-order valence-corrected chi connectivity index (χ1v) is 6.09. The summed E-state index contributed by atoms with van der Waals surface area (Å²) in [6.45, 7) is 5.85. The summed E-state index contributed by atoms with van der Waals surface area (Å²) < 4.78 is 10.5. The Morgan fingerprint density at radius 2 is 1.80 bits per heavy atom. The lowest BCUT2D eigenvalue weighted by atomic mass is 10.3. The number of alkyl halides is 1. The Kier molecular flexibility index (Phi) is 10.1. The van der Waals surface area contributed by atoms with Gasteiger partial charge in [-0.15, -0.1) is 11.6 Å². The molecule has 0 heterocycles. The number of unbranched alkanes of at least 4 members (excludes halogenated alkanes) is 2. The van der Waals surface area contributed by atoms with Crippen LogP contribution >= 0.6 is 11.6 Å². The van der Waals surface area contributed by atoms with Crippen LogP contribution in [0.1, 0.15) is 39.5 Å². The van der Waals surface area contributed by atoms with Crippen LogP contribution in [0.5, 0.6) is 0 Å². The zero-order valence-corrected chi connectivity index (χ0v) is 10.5. The Morgan fingerprint density at radius 3 is 2.40 bits per heavy atom. The quantitative estimate of drug-likeness (QED) is 0.289. The molecule has 0 saturated carbocycles. The molecule has 0 aromatic carbocycles. The van der Waals surface area contributed by atoms with Gasteiger partial charge in [-0.3, -0.25) is 5.41 Å². The molecule has 0 radical (unpaired) electrons. The van der Waals surface area contributed by atoms with E-state index in [2.05, 4.69) is 13.8 Å². The molecule has 0 amide bonds. The SMILES string of the molecule is CCCCOCC(Cl)C(=N)OCCCC. The molecule has 0 aliphatic rings. The van der Waals surface area contributed by atoms with E-state index in [1.54, 1.807) is 0 Å². The highest BCUT2D eigenvalue weighted by Crippen LogP contribution is 2.02. The van der Waals surface area contributed by atoms with Gasteiger partial charge < -0.3 is 9.47 Å². The molecule has 1 atom stereocenters. The molecule has 0 aliphatic heterocycles. The summed E-state index contributed by atoms with van der Waals surface area (Å²) in [5.41, 5.74) is 0. The van der Waals surface area contributed by atoms with E-state index >= 15 is 0 Å². The number of rotatable bonds is 9. The van der Waals surface area contributed by atoms with E-state index in [1.807, 2.05) is 0 Å². The lowest BCUT2D eigenvalue weighted by molar-refractivity contribution is 0.134. The van der Waals surface area contributed by atoms with Crippen LogP contribution in [-0.2, 0) is 9.47 Å². The Balaban J connectivity index is 3.42. The topological polar surface area (TPSA) is 42.3 Å². The molecule has 1 unspecified atom stereocenters. The monoisotopic (exact) mass is 235 g/mol. The summed E-state index contributed by atoms with van der Waals surface area (Å²) in [5.74, 6) is 0.126. The van der Waals surface area contributed by atoms with Crippen molar-refractivity contribution in [1.29, 1.82) is 5.41 Å². The van der Waals surface area contributed by atoms with Crippen LogP contribution in [0.4, 0.5) is 0 Å². The second-order valence-electron chi connectivity index (χ2n) is 3.46. The van der Waals surface area contributed by atoms with Gasteiger partial charge in [-0.2, -0.15) is 0 Å². The predicted molar refractivity (Wildman–Crippen MR) is 64.0 cm³/mol. The van der Waals surface area contributed by atoms with E-state index < -0.39 is 5.38 Å². The van der Waals surface area contributed by atoms with E-state index in [4.69, 9.17) is 26.5 Å². The maximum atomic E-state index is 7.52. The molecule has 0 rings (SSSR count). The highest BCUT2D eigenvalue weighted by Gasteiger charge is 2.12. The van der Waals surface area contributed by atoms with Crippen molar-refractivity contribution in [2.75, 3.05) is 19.8 Å². The predicted octanol–water partition coefficient (Wildman–Crippen LogP) is 3.20. The molecular formula is C11H22ClNO2. The van der Waals surface area contributed by atoms with Gasteiger partial charge in [0.2, 0.25) is 5.90 Å². The molecule has 0 saturated heterocycles. The third-order valence-electron chi connectivity index (χ3n) is 1.95. The van der Waals surface area contributed by atoms with Crippen LogP contribution in [0, 0.1) is 5.41 Å². The third kappa shape index (κ3) is 8.70. The molecule has 0 aromatic rings. The highest BCUT2D eigenvalue weighted by molar-refractivity contribution is 6.30. The van der Waals surface area contributed by atoms with Crippen molar-refractivity contribution in [3.8, 4) is 0 Å². The van der Waals surface area contributed by atoms with Crippen molar-refractivity contribution < 1.29 is 9.47 Å². The number of nitrogens with one attached hydrogen (secondary N) is 1. The Bertz CT molecular complexity index is 165. The summed E-state index contributed by atoms with van der Waals surface area (Å²) in [5, 5.41) is 7.07. The van der Waals surface area contributed by atoms with Gasteiger partial charge in [0.15, 0.2) is 0 Å². The fourth-order valence-corrected chi connectivity index (χ4v) is 1.08. The minimum absolute atomic E-state index is 0.126. The molecule has 0 bridgehead atoms. The zero-order valence-electron chi connectivity index (χ0n) is 9.72. The van der Waals surface area contributed by atoms with Crippen LogP contribution in [0.3, 0.4) is 0 Å². The molecule has 1 N–H and O–H groups in total. The fraction of sp³-hybridized carbons (Fsp3) is 0.909. The first-order valence-electron chi connectivity index (χ1n) is 5.65. The fourth-order valence-electron chi connectivity index (χ4n) is 0.926. The molecule has 0 aliphatic carbocycles. The highest BCUT2D eigenvalue weighted by atomic mass is 35.5. The lowest BCUT2D eigenvalue weighted by Gasteiger charge is -2.12. The van der Waals surface area contributed by atoms with Gasteiger partial charge in [-0.25, -0.2) is 0 Å². The van der Waals surface area contributed by atoms with Gasteiger partial charge in [0.25, 0.3) is 0 Å². The minimum Gasteiger partial charge on any atom is -0.480 e. The minimum atomic E-state index is -0.446. The molecule has 4 heteroatoms. The summed E-state index contributed by atoms with van der Waals surface area (Å²) >= 11 is 5.91. The Hall–Kier alpha value is -0.280. The van der Waals surface area contributed by atoms with Gasteiger partial charge in [0.05, 0.1) is 13.2 Å². The third-order valence-corrected chi connectivity index (χ3v) is 2.27. The average Bonchev–Trinajstić information content (AvgIpc) is 2.24. The van der Waals surface area contributed by atoms with Crippen LogP contribution in [0.2, 0.25) is 0 Å². The van der Waals surface area contributed by atoms with Gasteiger partial charge >= 0.3 is 0 Å². The van der Waals surface area contributed by atoms with Gasteiger partial charge in [0.1, 0.15) is 5.38 Å². The van der Waals surface area contributed by atoms with Gasteiger partial charge in [0, 0.05) is 6.61 Å². The molecule has 0 spiro atoms. The molecule has 0 aromatic heterocycles. The first kappa shape index (κ1) is 14.7. The summed E-state index contributed by atoms with van der Waals surface area (Å²) in [4.78, 5) is 0. The van der Waals surface area contributed by atoms with E-state index in [0.29, 0.717) is 19.8 Å². The number of halogens is 1. The zero-order chi connectivity index (χ0) is 11.5. The standard InChI is InChI=1S/C11H22ClNO2/c1-3-5-7-14-9-10(12)11(13)15-8-6-4-2/h10,13H,3-9H2,1-2H3. The summed E-state index contributed by atoms with van der Waals surface area (Å²) in [7, 11) is 0. The molecule has 15 heavy (non-hydrogen) atoms. The van der Waals surface area contributed by atoms with Crippen molar-refractivity contribution in [3.05, 3.63) is 0 Å². The van der Waals surface area contributed by atoms with Crippen LogP contribution < -0.4 is 0 Å². The first-order chi connectivity index (χ1) is 7.22. The van der Waals surface area contributed by atoms with E-state index in [9.17, 15) is 0 Å². The van der Waals surface area contributed by atoms with Crippen LogP contribution in [0.15, 0.2) is 0 Å². The Labute approximate surface area is 97.6 Å². The van der Waals surface area contributed by atoms with Crippen molar-refractivity contribution in [3.63, 3.8) is 0 Å². The molecule has 90 valence electrons. The summed E-state index contributed by atoms with van der Waals surface area (Å²) in [6, 6.07) is 0. The van der Waals surface area contributed by atoms with Crippen molar-refractivity contribution in [2.45, 2.75) is 44.9 Å². The van der Waals surface area contributed by atoms with Crippen LogP contribution in [0.25, 0.3) is 0 Å². The smallest absolute Gasteiger partial charge is 0.201 e. The van der Waals surface area contributed by atoms with E-state index in [1.165, 1.54) is 0 Å². The van der Waals surface area contributed by atoms with Crippen molar-refractivity contribution >= 4 is 17.5 Å². The van der Waals surface area contributed by atoms with Crippen molar-refractivity contribution in [2.24, 2.45) is 0 Å².